The molecule has 0 saturated carbocycles. The van der Waals surface area contributed by atoms with E-state index in [1.165, 1.54) is 32.2 Å². The zero-order valence-electron chi connectivity index (χ0n) is 12.0. The lowest BCUT2D eigenvalue weighted by Crippen LogP contribution is -2.40. The number of halogens is 1. The second-order valence-electron chi connectivity index (χ2n) is 4.84. The summed E-state index contributed by atoms with van der Waals surface area (Å²) in [6, 6.07) is 4.12. The van der Waals surface area contributed by atoms with Gasteiger partial charge in [0.2, 0.25) is 10.0 Å². The van der Waals surface area contributed by atoms with Crippen molar-refractivity contribution in [3.8, 4) is 5.75 Å². The van der Waals surface area contributed by atoms with Crippen LogP contribution in [0.4, 0.5) is 0 Å². The van der Waals surface area contributed by atoms with Crippen LogP contribution in [-0.2, 0) is 14.8 Å². The van der Waals surface area contributed by atoms with Gasteiger partial charge in [0.15, 0.2) is 0 Å². The van der Waals surface area contributed by atoms with Gasteiger partial charge < -0.3 is 9.84 Å². The topological polar surface area (TPSA) is 92.7 Å². The van der Waals surface area contributed by atoms with Crippen LogP contribution < -0.4 is 9.46 Å². The predicted molar refractivity (Wildman–Crippen MR) is 79.2 cm³/mol. The Morgan fingerprint density at radius 3 is 2.57 bits per heavy atom. The van der Waals surface area contributed by atoms with Crippen molar-refractivity contribution in [1.82, 2.24) is 4.72 Å². The second-order valence-corrected chi connectivity index (χ2v) is 7.01. The molecule has 0 radical (unpaired) electrons. The first-order valence-electron chi connectivity index (χ1n) is 6.23. The zero-order valence-corrected chi connectivity index (χ0v) is 13.6. The summed E-state index contributed by atoms with van der Waals surface area (Å²) in [7, 11) is -2.56. The van der Waals surface area contributed by atoms with Crippen LogP contribution in [0.5, 0.6) is 5.75 Å². The molecule has 2 N–H and O–H groups in total. The van der Waals surface area contributed by atoms with Crippen LogP contribution in [0.25, 0.3) is 0 Å². The van der Waals surface area contributed by atoms with Crippen molar-refractivity contribution in [2.75, 3.05) is 13.7 Å². The Labute approximate surface area is 129 Å². The fraction of sp³-hybridized carbons (Fsp3) is 0.462. The maximum absolute atomic E-state index is 12.3. The number of sulfonamides is 1. The minimum absolute atomic E-state index is 0.0850. The molecular weight excluding hydrogens is 318 g/mol. The fourth-order valence-electron chi connectivity index (χ4n) is 1.55. The van der Waals surface area contributed by atoms with Crippen LogP contribution in [0.1, 0.15) is 20.3 Å². The highest BCUT2D eigenvalue weighted by Crippen LogP contribution is 2.28. The molecule has 0 spiro atoms. The Balaban J connectivity index is 3.05. The largest absolute Gasteiger partial charge is 0.495 e. The van der Waals surface area contributed by atoms with Crippen molar-refractivity contribution in [3.63, 3.8) is 0 Å². The van der Waals surface area contributed by atoms with Crippen LogP contribution in [0.3, 0.4) is 0 Å². The molecule has 1 atom stereocenters. The van der Waals surface area contributed by atoms with Crippen molar-refractivity contribution >= 4 is 27.6 Å². The monoisotopic (exact) mass is 335 g/mol. The summed E-state index contributed by atoms with van der Waals surface area (Å²) in [4.78, 5) is 11.1. The number of carbonyl (C=O) groups is 1. The van der Waals surface area contributed by atoms with Gasteiger partial charge in [-0.25, -0.2) is 13.1 Å². The third kappa shape index (κ3) is 4.09. The standard InChI is InChI=1S/C13H18ClNO5S/c1-4-13(2,12(16)17)8-15-21(18,19)11-6-5-9(14)7-10(11)20-3/h5-7,15H,4,8H2,1-3H3,(H,16,17). The minimum atomic E-state index is -3.89. The zero-order chi connectivity index (χ0) is 16.3. The average molecular weight is 336 g/mol. The summed E-state index contributed by atoms with van der Waals surface area (Å²) < 4.78 is 31.9. The summed E-state index contributed by atoms with van der Waals surface area (Å²) in [6.45, 7) is 2.95. The number of carboxylic acid groups (broad SMARTS) is 1. The van der Waals surface area contributed by atoms with Gasteiger partial charge in [0, 0.05) is 17.6 Å². The van der Waals surface area contributed by atoms with Gasteiger partial charge in [-0.1, -0.05) is 18.5 Å². The molecule has 6 nitrogen and oxygen atoms in total. The summed E-state index contributed by atoms with van der Waals surface area (Å²) in [5.74, 6) is -0.959. The van der Waals surface area contributed by atoms with Crippen molar-refractivity contribution in [1.29, 1.82) is 0 Å². The lowest BCUT2D eigenvalue weighted by molar-refractivity contribution is -0.147. The lowest BCUT2D eigenvalue weighted by atomic mass is 9.88. The normalized spacial score (nSPS) is 14.5. The maximum Gasteiger partial charge on any atom is 0.310 e. The van der Waals surface area contributed by atoms with E-state index in [2.05, 4.69) is 4.72 Å². The molecule has 8 heteroatoms. The highest BCUT2D eigenvalue weighted by molar-refractivity contribution is 7.89. The molecule has 1 unspecified atom stereocenters. The van der Waals surface area contributed by atoms with Gasteiger partial charge in [-0.15, -0.1) is 0 Å². The molecule has 0 amide bonds. The first kappa shape index (κ1) is 17.7. The molecule has 1 aromatic rings. The average Bonchev–Trinajstić information content (AvgIpc) is 2.44. The molecular formula is C13H18ClNO5S. The van der Waals surface area contributed by atoms with E-state index in [9.17, 15) is 13.2 Å². The number of nitrogens with one attached hydrogen (secondary N) is 1. The van der Waals surface area contributed by atoms with E-state index in [0.717, 1.165) is 0 Å². The Bertz CT molecular complexity index is 631. The number of hydrogen-bond donors (Lipinski definition) is 2. The maximum atomic E-state index is 12.3. The van der Waals surface area contributed by atoms with E-state index in [4.69, 9.17) is 21.4 Å². The first-order valence-corrected chi connectivity index (χ1v) is 8.09. The van der Waals surface area contributed by atoms with Gasteiger partial charge in [0.25, 0.3) is 0 Å². The molecule has 0 saturated heterocycles. The molecule has 1 aromatic carbocycles. The fourth-order valence-corrected chi connectivity index (χ4v) is 3.03. The first-order chi connectivity index (χ1) is 9.66. The molecule has 21 heavy (non-hydrogen) atoms. The van der Waals surface area contributed by atoms with Crippen LogP contribution in [0.15, 0.2) is 23.1 Å². The molecule has 0 aromatic heterocycles. The smallest absolute Gasteiger partial charge is 0.310 e. The van der Waals surface area contributed by atoms with E-state index in [0.29, 0.717) is 11.4 Å². The summed E-state index contributed by atoms with van der Waals surface area (Å²) in [6.07, 6.45) is 0.294. The number of rotatable bonds is 7. The Morgan fingerprint density at radius 2 is 2.10 bits per heavy atom. The van der Waals surface area contributed by atoms with Crippen molar-refractivity contribution in [2.45, 2.75) is 25.2 Å². The van der Waals surface area contributed by atoms with E-state index < -0.39 is 21.4 Å². The molecule has 0 aliphatic rings. The minimum Gasteiger partial charge on any atom is -0.495 e. The molecule has 1 rings (SSSR count). The number of benzene rings is 1. The highest BCUT2D eigenvalue weighted by atomic mass is 35.5. The van der Waals surface area contributed by atoms with Crippen LogP contribution in [0, 0.1) is 5.41 Å². The van der Waals surface area contributed by atoms with Gasteiger partial charge in [-0.05, 0) is 25.5 Å². The van der Waals surface area contributed by atoms with Gasteiger partial charge >= 0.3 is 5.97 Å². The molecule has 0 bridgehead atoms. The van der Waals surface area contributed by atoms with E-state index in [1.54, 1.807) is 6.92 Å². The summed E-state index contributed by atoms with van der Waals surface area (Å²) in [5, 5.41) is 9.50. The van der Waals surface area contributed by atoms with Gasteiger partial charge in [0.1, 0.15) is 10.6 Å². The van der Waals surface area contributed by atoms with Crippen LogP contribution in [-0.4, -0.2) is 33.1 Å². The molecule has 118 valence electrons. The summed E-state index contributed by atoms with van der Waals surface area (Å²) in [5.41, 5.74) is -1.17. The quantitative estimate of drug-likeness (QED) is 0.796. The van der Waals surface area contributed by atoms with Gasteiger partial charge in [0.05, 0.1) is 12.5 Å². The SMILES string of the molecule is CCC(C)(CNS(=O)(=O)c1ccc(Cl)cc1OC)C(=O)O. The number of aliphatic carboxylic acids is 1. The Hall–Kier alpha value is -1.31. The predicted octanol–water partition coefficient (Wildman–Crippen LogP) is 2.13. The number of hydrogen-bond acceptors (Lipinski definition) is 4. The Morgan fingerprint density at radius 1 is 1.48 bits per heavy atom. The molecule has 0 heterocycles. The number of carboxylic acids is 1. The van der Waals surface area contributed by atoms with Gasteiger partial charge in [-0.3, -0.25) is 4.79 Å². The third-order valence-corrected chi connectivity index (χ3v) is 5.04. The summed E-state index contributed by atoms with van der Waals surface area (Å²) >= 11 is 5.79. The van der Waals surface area contributed by atoms with Crippen molar-refractivity contribution in [3.05, 3.63) is 23.2 Å². The third-order valence-electron chi connectivity index (χ3n) is 3.36. The second kappa shape index (κ2) is 6.64. The number of ether oxygens (including phenoxy) is 1. The molecule has 0 aliphatic carbocycles. The molecule has 0 aliphatic heterocycles. The van der Waals surface area contributed by atoms with E-state index >= 15 is 0 Å². The Kier molecular flexibility index (Phi) is 5.61. The van der Waals surface area contributed by atoms with Crippen molar-refractivity contribution in [2.24, 2.45) is 5.41 Å². The number of methoxy groups -OCH3 is 1. The van der Waals surface area contributed by atoms with E-state index in [-0.39, 0.29) is 17.2 Å². The van der Waals surface area contributed by atoms with Crippen LogP contribution >= 0.6 is 11.6 Å². The van der Waals surface area contributed by atoms with Crippen molar-refractivity contribution < 1.29 is 23.1 Å². The van der Waals surface area contributed by atoms with Gasteiger partial charge in [-0.2, -0.15) is 0 Å². The van der Waals surface area contributed by atoms with Crippen LogP contribution in [0.2, 0.25) is 5.02 Å². The molecule has 0 fully saturated rings. The highest BCUT2D eigenvalue weighted by Gasteiger charge is 2.33. The lowest BCUT2D eigenvalue weighted by Gasteiger charge is -2.23. The van der Waals surface area contributed by atoms with E-state index in [1.807, 2.05) is 0 Å².